The van der Waals surface area contributed by atoms with Gasteiger partial charge in [0.15, 0.2) is 0 Å². The Kier molecular flexibility index (Phi) is 7.30. The average molecular weight is 571 g/mol. The van der Waals surface area contributed by atoms with E-state index in [0.29, 0.717) is 23.3 Å². The molecule has 1 fully saturated rings. The number of nitrogens with zero attached hydrogens (tertiary/aromatic N) is 1. The van der Waals surface area contributed by atoms with E-state index in [-0.39, 0.29) is 22.8 Å². The van der Waals surface area contributed by atoms with E-state index in [1.807, 2.05) is 0 Å². The van der Waals surface area contributed by atoms with E-state index in [1.165, 1.54) is 24.1 Å². The molecule has 0 bridgehead atoms. The van der Waals surface area contributed by atoms with E-state index in [4.69, 9.17) is 9.88 Å². The van der Waals surface area contributed by atoms with E-state index in [2.05, 4.69) is 15.9 Å². The molecule has 3 N–H and O–H groups in total. The second kappa shape index (κ2) is 10.3. The molecule has 0 aliphatic carbocycles. The molecule has 8 nitrogen and oxygen atoms in total. The summed E-state index contributed by atoms with van der Waals surface area (Å²) in [5.74, 6) is -1.16. The Morgan fingerprint density at radius 1 is 1.00 bits per heavy atom. The SMILES string of the molecule is COc1ccc([C@H]2C(=C(O)c3ccc(Br)cc3)C(=O)C(=O)N2CCc2ccc(S(N)(=O)=O)cc2)cc1. The summed E-state index contributed by atoms with van der Waals surface area (Å²) >= 11 is 3.35. The van der Waals surface area contributed by atoms with Crippen LogP contribution in [0, 0.1) is 0 Å². The van der Waals surface area contributed by atoms with Gasteiger partial charge >= 0.3 is 0 Å². The molecule has 10 heteroatoms. The number of hydrogen-bond acceptors (Lipinski definition) is 6. The molecule has 1 atom stereocenters. The first-order valence-corrected chi connectivity index (χ1v) is 13.2. The van der Waals surface area contributed by atoms with Crippen LogP contribution >= 0.6 is 15.9 Å². The van der Waals surface area contributed by atoms with E-state index in [9.17, 15) is 23.1 Å². The second-order valence-electron chi connectivity index (χ2n) is 8.21. The van der Waals surface area contributed by atoms with Gasteiger partial charge in [0.25, 0.3) is 11.7 Å². The monoisotopic (exact) mass is 570 g/mol. The van der Waals surface area contributed by atoms with Crippen molar-refractivity contribution in [1.29, 1.82) is 0 Å². The Labute approximate surface area is 217 Å². The van der Waals surface area contributed by atoms with Gasteiger partial charge in [-0.05, 0) is 53.9 Å². The van der Waals surface area contributed by atoms with Crippen LogP contribution in [0.25, 0.3) is 5.76 Å². The van der Waals surface area contributed by atoms with Crippen molar-refractivity contribution in [2.75, 3.05) is 13.7 Å². The molecule has 0 radical (unpaired) electrons. The smallest absolute Gasteiger partial charge is 0.295 e. The molecule has 3 aromatic rings. The summed E-state index contributed by atoms with van der Waals surface area (Å²) in [6, 6.07) is 18.9. The third-order valence-corrected chi connectivity index (χ3v) is 7.44. The van der Waals surface area contributed by atoms with Crippen molar-refractivity contribution < 1.29 is 27.9 Å². The molecule has 0 spiro atoms. The van der Waals surface area contributed by atoms with Crippen LogP contribution in [0.15, 0.2) is 87.7 Å². The Bertz CT molecular complexity index is 1430. The Morgan fingerprint density at radius 2 is 1.61 bits per heavy atom. The summed E-state index contributed by atoms with van der Waals surface area (Å²) in [4.78, 5) is 27.7. The minimum Gasteiger partial charge on any atom is -0.507 e. The highest BCUT2D eigenvalue weighted by atomic mass is 79.9. The number of sulfonamides is 1. The predicted molar refractivity (Wildman–Crippen MR) is 138 cm³/mol. The van der Waals surface area contributed by atoms with Crippen LogP contribution in [0.2, 0.25) is 0 Å². The van der Waals surface area contributed by atoms with Crippen molar-refractivity contribution in [3.63, 3.8) is 0 Å². The number of aliphatic hydroxyl groups is 1. The van der Waals surface area contributed by atoms with Crippen LogP contribution in [0.1, 0.15) is 22.7 Å². The zero-order valence-electron chi connectivity index (χ0n) is 19.2. The second-order valence-corrected chi connectivity index (χ2v) is 10.7. The van der Waals surface area contributed by atoms with Crippen molar-refractivity contribution in [2.45, 2.75) is 17.4 Å². The third kappa shape index (κ3) is 5.20. The van der Waals surface area contributed by atoms with Crippen LogP contribution < -0.4 is 9.88 Å². The van der Waals surface area contributed by atoms with Crippen LogP contribution in [-0.2, 0) is 26.0 Å². The van der Waals surface area contributed by atoms with Gasteiger partial charge in [0.1, 0.15) is 11.5 Å². The fraction of sp³-hybridized carbons (Fsp3) is 0.154. The fourth-order valence-corrected chi connectivity index (χ4v) is 4.88. The lowest BCUT2D eigenvalue weighted by atomic mass is 9.95. The average Bonchev–Trinajstić information content (AvgIpc) is 3.12. The Morgan fingerprint density at radius 3 is 2.17 bits per heavy atom. The summed E-state index contributed by atoms with van der Waals surface area (Å²) in [5.41, 5.74) is 1.80. The number of methoxy groups -OCH3 is 1. The number of ketones is 1. The highest BCUT2D eigenvalue weighted by molar-refractivity contribution is 9.10. The maximum atomic E-state index is 13.1. The molecule has 3 aromatic carbocycles. The first kappa shape index (κ1) is 25.6. The zero-order valence-corrected chi connectivity index (χ0v) is 21.6. The summed E-state index contributed by atoms with van der Waals surface area (Å²) < 4.78 is 29.1. The molecular formula is C26H23BrN2O6S. The minimum atomic E-state index is -3.82. The number of rotatable bonds is 7. The van der Waals surface area contributed by atoms with Gasteiger partial charge in [-0.25, -0.2) is 13.6 Å². The topological polar surface area (TPSA) is 127 Å². The standard InChI is InChI=1S/C26H23BrN2O6S/c1-35-20-10-6-17(7-11-20)23-22(24(30)18-4-8-19(27)9-5-18)25(31)26(32)29(23)15-14-16-2-12-21(13-3-16)36(28,33)34/h2-13,23,30H,14-15H2,1H3,(H2,28,33,34)/t23-/m0/s1. The number of aliphatic hydroxyl groups excluding tert-OH is 1. The lowest BCUT2D eigenvalue weighted by molar-refractivity contribution is -0.139. The molecule has 1 heterocycles. The van der Waals surface area contributed by atoms with Crippen LogP contribution in [-0.4, -0.2) is 43.8 Å². The molecule has 1 aliphatic rings. The van der Waals surface area contributed by atoms with Crippen molar-refractivity contribution in [2.24, 2.45) is 5.14 Å². The molecule has 36 heavy (non-hydrogen) atoms. The third-order valence-electron chi connectivity index (χ3n) is 5.98. The Hall–Kier alpha value is -3.47. The first-order valence-electron chi connectivity index (χ1n) is 10.9. The van der Waals surface area contributed by atoms with Gasteiger partial charge in [0, 0.05) is 16.6 Å². The number of benzene rings is 3. The van der Waals surface area contributed by atoms with Gasteiger partial charge < -0.3 is 14.7 Å². The van der Waals surface area contributed by atoms with Gasteiger partial charge in [-0.2, -0.15) is 0 Å². The summed E-state index contributed by atoms with van der Waals surface area (Å²) in [7, 11) is -2.28. The van der Waals surface area contributed by atoms with Gasteiger partial charge in [0.2, 0.25) is 10.0 Å². The lowest BCUT2D eigenvalue weighted by Gasteiger charge is -2.25. The largest absolute Gasteiger partial charge is 0.507 e. The van der Waals surface area contributed by atoms with Crippen molar-refractivity contribution in [1.82, 2.24) is 4.90 Å². The van der Waals surface area contributed by atoms with Crippen molar-refractivity contribution >= 4 is 43.4 Å². The van der Waals surface area contributed by atoms with Crippen LogP contribution in [0.4, 0.5) is 0 Å². The highest BCUT2D eigenvalue weighted by Gasteiger charge is 2.45. The maximum absolute atomic E-state index is 13.1. The number of carbonyl (C=O) groups is 2. The first-order chi connectivity index (χ1) is 17.1. The van der Waals surface area contributed by atoms with Crippen molar-refractivity contribution in [3.8, 4) is 5.75 Å². The zero-order chi connectivity index (χ0) is 26.0. The van der Waals surface area contributed by atoms with E-state index >= 15 is 0 Å². The van der Waals surface area contributed by atoms with Gasteiger partial charge in [0.05, 0.1) is 23.6 Å². The molecule has 1 aliphatic heterocycles. The number of nitrogens with two attached hydrogens (primary N) is 1. The highest BCUT2D eigenvalue weighted by Crippen LogP contribution is 2.40. The molecule has 0 unspecified atom stereocenters. The van der Waals surface area contributed by atoms with E-state index in [0.717, 1.165) is 10.0 Å². The number of likely N-dealkylation sites (tertiary alicyclic amines) is 1. The summed E-state index contributed by atoms with van der Waals surface area (Å²) in [6.07, 6.45) is 0.350. The maximum Gasteiger partial charge on any atom is 0.295 e. The quantitative estimate of drug-likeness (QED) is 0.253. The molecule has 1 amide bonds. The number of primary sulfonamides is 1. The molecular weight excluding hydrogens is 548 g/mol. The minimum absolute atomic E-state index is 0.00272. The Balaban J connectivity index is 1.72. The number of amides is 1. The molecule has 4 rings (SSSR count). The van der Waals surface area contributed by atoms with Crippen LogP contribution in [0.3, 0.4) is 0 Å². The van der Waals surface area contributed by atoms with Gasteiger partial charge in [-0.3, -0.25) is 9.59 Å². The molecule has 1 saturated heterocycles. The van der Waals surface area contributed by atoms with Gasteiger partial charge in [-0.15, -0.1) is 0 Å². The molecule has 0 aromatic heterocycles. The van der Waals surface area contributed by atoms with E-state index in [1.54, 1.807) is 60.7 Å². The number of carbonyl (C=O) groups excluding carboxylic acids is 2. The molecule has 186 valence electrons. The lowest BCUT2D eigenvalue weighted by Crippen LogP contribution is -2.31. The van der Waals surface area contributed by atoms with Gasteiger partial charge in [-0.1, -0.05) is 52.3 Å². The van der Waals surface area contributed by atoms with Crippen molar-refractivity contribution in [3.05, 3.63) is 99.5 Å². The number of ether oxygens (including phenoxy) is 1. The van der Waals surface area contributed by atoms with E-state index < -0.39 is 27.8 Å². The predicted octanol–water partition coefficient (Wildman–Crippen LogP) is 3.77. The normalized spacial score (nSPS) is 17.4. The summed E-state index contributed by atoms with van der Waals surface area (Å²) in [6.45, 7) is 0.160. The fourth-order valence-electron chi connectivity index (χ4n) is 4.10. The van der Waals surface area contributed by atoms with Crippen LogP contribution in [0.5, 0.6) is 5.75 Å². The summed E-state index contributed by atoms with van der Waals surface area (Å²) in [5, 5.41) is 16.3. The number of Topliss-reactive ketones (excluding diaryl/α,β-unsaturated/α-hetero) is 1. The molecule has 0 saturated carbocycles. The number of halogens is 1. The number of hydrogen-bond donors (Lipinski definition) is 2.